The van der Waals surface area contributed by atoms with Crippen molar-refractivity contribution in [1.82, 2.24) is 20.5 Å². The number of allylic oxidation sites excluding steroid dienone is 4. The largest absolute Gasteiger partial charge is 0.481 e. The normalized spacial score (nSPS) is 24.5. The van der Waals surface area contributed by atoms with E-state index < -0.39 is 12.4 Å². The summed E-state index contributed by atoms with van der Waals surface area (Å²) in [5.74, 6) is -0.281. The van der Waals surface area contributed by atoms with Crippen molar-refractivity contribution < 1.29 is 19.7 Å². The van der Waals surface area contributed by atoms with Crippen LogP contribution in [-0.4, -0.2) is 62.7 Å². The van der Waals surface area contributed by atoms with Crippen molar-refractivity contribution in [3.05, 3.63) is 41.6 Å². The van der Waals surface area contributed by atoms with Gasteiger partial charge in [0.1, 0.15) is 0 Å². The number of carboxylic acids is 1. The Morgan fingerprint density at radius 2 is 2.27 bits per heavy atom. The maximum Gasteiger partial charge on any atom is 0.303 e. The number of nitrogens with one attached hydrogen (secondary N) is 2. The first-order valence-corrected chi connectivity index (χ1v) is 11.3. The highest BCUT2D eigenvalue weighted by Gasteiger charge is 2.24. The molecular formula is C22H29ClN6O4. The molecule has 0 saturated heterocycles. The molecule has 5 unspecified atom stereocenters. The van der Waals surface area contributed by atoms with Gasteiger partial charge < -0.3 is 25.6 Å². The van der Waals surface area contributed by atoms with Gasteiger partial charge in [-0.2, -0.15) is 10.1 Å². The Balaban J connectivity index is 1.43. The second-order valence-electron chi connectivity index (χ2n) is 7.95. The lowest BCUT2D eigenvalue weighted by Gasteiger charge is -2.26. The summed E-state index contributed by atoms with van der Waals surface area (Å²) < 4.78 is 5.61. The first kappa shape index (κ1) is 25.0. The van der Waals surface area contributed by atoms with Crippen LogP contribution in [0.5, 0.6) is 0 Å². The van der Waals surface area contributed by atoms with Gasteiger partial charge in [0.15, 0.2) is 5.82 Å². The third kappa shape index (κ3) is 8.32. The SMILES string of the molecule is CC(OC(O)Nc1cnnc(N=CCNC2C=CC(CC(=O)O)CC2)n1)C1CC=CC=C1Cl. The van der Waals surface area contributed by atoms with Gasteiger partial charge in [0, 0.05) is 29.8 Å². The van der Waals surface area contributed by atoms with Gasteiger partial charge >= 0.3 is 5.97 Å². The number of rotatable bonds is 11. The second kappa shape index (κ2) is 12.5. The van der Waals surface area contributed by atoms with Gasteiger partial charge in [-0.05, 0) is 38.2 Å². The molecule has 178 valence electrons. The molecule has 0 saturated carbocycles. The van der Waals surface area contributed by atoms with E-state index in [1.165, 1.54) is 6.20 Å². The molecule has 0 fully saturated rings. The highest BCUT2D eigenvalue weighted by Crippen LogP contribution is 2.29. The molecule has 33 heavy (non-hydrogen) atoms. The minimum atomic E-state index is -1.30. The van der Waals surface area contributed by atoms with E-state index >= 15 is 0 Å². The molecule has 1 heterocycles. The van der Waals surface area contributed by atoms with Crippen LogP contribution in [0, 0.1) is 11.8 Å². The zero-order valence-corrected chi connectivity index (χ0v) is 19.1. The van der Waals surface area contributed by atoms with Crippen LogP contribution >= 0.6 is 11.6 Å². The number of hydrogen-bond acceptors (Lipinski definition) is 9. The monoisotopic (exact) mass is 476 g/mol. The number of hydrogen-bond donors (Lipinski definition) is 4. The summed E-state index contributed by atoms with van der Waals surface area (Å²) in [7, 11) is 0. The van der Waals surface area contributed by atoms with Crippen LogP contribution in [0.4, 0.5) is 11.8 Å². The predicted octanol–water partition coefficient (Wildman–Crippen LogP) is 2.76. The van der Waals surface area contributed by atoms with E-state index in [2.05, 4.69) is 30.8 Å². The Labute approximate surface area is 197 Å². The molecule has 4 N–H and O–H groups in total. The number of ether oxygens (including phenoxy) is 1. The van der Waals surface area contributed by atoms with Crippen LogP contribution < -0.4 is 10.6 Å². The Kier molecular flexibility index (Phi) is 9.49. The van der Waals surface area contributed by atoms with Gasteiger partial charge in [0.2, 0.25) is 6.41 Å². The highest BCUT2D eigenvalue weighted by atomic mass is 35.5. The smallest absolute Gasteiger partial charge is 0.303 e. The summed E-state index contributed by atoms with van der Waals surface area (Å²) in [5, 5.41) is 33.5. The van der Waals surface area contributed by atoms with Crippen molar-refractivity contribution in [3.63, 3.8) is 0 Å². The molecule has 0 spiro atoms. The van der Waals surface area contributed by atoms with Crippen LogP contribution in [0.1, 0.15) is 32.6 Å². The molecule has 0 aliphatic heterocycles. The average molecular weight is 477 g/mol. The van der Waals surface area contributed by atoms with Crippen molar-refractivity contribution in [1.29, 1.82) is 0 Å². The summed E-state index contributed by atoms with van der Waals surface area (Å²) in [6, 6.07) is 0.172. The van der Waals surface area contributed by atoms with Gasteiger partial charge in [0.25, 0.3) is 5.95 Å². The molecule has 11 heteroatoms. The quantitative estimate of drug-likeness (QED) is 0.215. The molecule has 3 rings (SSSR count). The van der Waals surface area contributed by atoms with Crippen LogP contribution in [-0.2, 0) is 9.53 Å². The first-order chi connectivity index (χ1) is 15.9. The van der Waals surface area contributed by atoms with Crippen molar-refractivity contribution in [2.45, 2.75) is 51.2 Å². The minimum absolute atomic E-state index is 0.0219. The standard InChI is InChI=1S/C22H29ClN6O4/c1-14(17-4-2-3-5-18(17)23)33-22(32)28-19-13-26-29-21(27-19)25-11-10-24-16-8-6-15(7-9-16)12-20(30)31/h2-3,5-6,8,11,13-17,22,24,32H,4,7,9-10,12H2,1H3,(H,30,31)(H,27,28,29). The van der Waals surface area contributed by atoms with E-state index in [0.29, 0.717) is 11.6 Å². The fourth-order valence-corrected chi connectivity index (χ4v) is 4.03. The summed E-state index contributed by atoms with van der Waals surface area (Å²) in [6.45, 7) is 2.34. The van der Waals surface area contributed by atoms with E-state index in [0.717, 1.165) is 19.3 Å². The number of nitrogens with zero attached hydrogens (tertiary/aromatic N) is 4. The van der Waals surface area contributed by atoms with E-state index in [9.17, 15) is 9.90 Å². The lowest BCUT2D eigenvalue weighted by molar-refractivity contribution is -0.137. The van der Waals surface area contributed by atoms with Gasteiger partial charge in [-0.1, -0.05) is 35.9 Å². The van der Waals surface area contributed by atoms with Crippen molar-refractivity contribution in [2.24, 2.45) is 16.8 Å². The second-order valence-corrected chi connectivity index (χ2v) is 8.38. The number of aromatic nitrogens is 3. The number of aliphatic carboxylic acids is 1. The molecule has 10 nitrogen and oxygen atoms in total. The summed E-state index contributed by atoms with van der Waals surface area (Å²) in [4.78, 5) is 19.2. The van der Waals surface area contributed by atoms with Crippen LogP contribution in [0.2, 0.25) is 0 Å². The number of aliphatic hydroxyl groups excluding tert-OH is 1. The van der Waals surface area contributed by atoms with Gasteiger partial charge in [-0.15, -0.1) is 5.10 Å². The Hall–Kier alpha value is -2.66. The molecule has 0 radical (unpaired) electrons. The number of halogens is 1. The van der Waals surface area contributed by atoms with E-state index in [1.807, 2.05) is 37.3 Å². The number of aliphatic hydroxyl groups is 1. The Morgan fingerprint density at radius 1 is 1.42 bits per heavy atom. The third-order valence-electron chi connectivity index (χ3n) is 5.44. The number of aliphatic imine (C=N–C) groups is 1. The topological polar surface area (TPSA) is 142 Å². The molecule has 1 aromatic heterocycles. The molecule has 0 bridgehead atoms. The van der Waals surface area contributed by atoms with Gasteiger partial charge in [-0.3, -0.25) is 4.79 Å². The Morgan fingerprint density at radius 3 is 3.00 bits per heavy atom. The van der Waals surface area contributed by atoms with Crippen LogP contribution in [0.25, 0.3) is 0 Å². The molecule has 5 atom stereocenters. The van der Waals surface area contributed by atoms with Crippen molar-refractivity contribution in [3.8, 4) is 0 Å². The Bertz CT molecular complexity index is 922. The maximum atomic E-state index is 10.8. The fourth-order valence-electron chi connectivity index (χ4n) is 3.69. The molecular weight excluding hydrogens is 448 g/mol. The lowest BCUT2D eigenvalue weighted by Crippen LogP contribution is -2.32. The van der Waals surface area contributed by atoms with Crippen molar-refractivity contribution in [2.75, 3.05) is 11.9 Å². The molecule has 2 aliphatic rings. The number of anilines is 1. The van der Waals surface area contributed by atoms with E-state index in [1.54, 1.807) is 6.21 Å². The number of carbonyl (C=O) groups is 1. The van der Waals surface area contributed by atoms with Crippen molar-refractivity contribution >= 4 is 35.6 Å². The average Bonchev–Trinajstić information content (AvgIpc) is 2.78. The lowest BCUT2D eigenvalue weighted by atomic mass is 9.90. The molecule has 2 aliphatic carbocycles. The fraction of sp³-hybridized carbons (Fsp3) is 0.500. The summed E-state index contributed by atoms with van der Waals surface area (Å²) in [5.41, 5.74) is 0. The van der Waals surface area contributed by atoms with Crippen LogP contribution in [0.3, 0.4) is 0 Å². The highest BCUT2D eigenvalue weighted by molar-refractivity contribution is 6.30. The van der Waals surface area contributed by atoms with E-state index in [-0.39, 0.29) is 42.2 Å². The molecule has 0 amide bonds. The van der Waals surface area contributed by atoms with Gasteiger partial charge in [0.05, 0.1) is 18.7 Å². The first-order valence-electron chi connectivity index (χ1n) is 10.9. The minimum Gasteiger partial charge on any atom is -0.481 e. The predicted molar refractivity (Wildman–Crippen MR) is 125 cm³/mol. The maximum absolute atomic E-state index is 10.8. The molecule has 0 aromatic carbocycles. The van der Waals surface area contributed by atoms with Crippen LogP contribution in [0.15, 0.2) is 46.6 Å². The van der Waals surface area contributed by atoms with Gasteiger partial charge in [-0.25, -0.2) is 4.99 Å². The number of carboxylic acid groups (broad SMARTS) is 1. The summed E-state index contributed by atoms with van der Waals surface area (Å²) in [6.07, 6.45) is 13.7. The van der Waals surface area contributed by atoms with E-state index in [4.69, 9.17) is 21.4 Å². The summed E-state index contributed by atoms with van der Waals surface area (Å²) >= 11 is 6.23. The third-order valence-corrected chi connectivity index (χ3v) is 5.85. The molecule has 1 aromatic rings. The zero-order chi connectivity index (χ0) is 23.6. The zero-order valence-electron chi connectivity index (χ0n) is 18.3.